The molecule has 3 aliphatic rings. The van der Waals surface area contributed by atoms with E-state index in [1.807, 2.05) is 18.2 Å². The van der Waals surface area contributed by atoms with Crippen LogP contribution in [0.4, 0.5) is 0 Å². The number of aromatic hydroxyl groups is 1. The molecule has 5 atom stereocenters. The fraction of sp³-hybridized carbons (Fsp3) is 0.538. The molecule has 0 heterocycles. The molecule has 0 spiro atoms. The van der Waals surface area contributed by atoms with E-state index in [2.05, 4.69) is 42.6 Å². The first-order valence-electron chi connectivity index (χ1n) is 11.3. The highest BCUT2D eigenvalue weighted by Gasteiger charge is 2.61. The van der Waals surface area contributed by atoms with Gasteiger partial charge < -0.3 is 15.5 Å². The van der Waals surface area contributed by atoms with Crippen LogP contribution >= 0.6 is 0 Å². The van der Waals surface area contributed by atoms with E-state index in [1.54, 1.807) is 0 Å². The average molecular weight is 392 g/mol. The Hall–Kier alpha value is -1.84. The molecule has 3 heteroatoms. The standard InChI is InChI=1S/C26H33NO2/c1-25-13-11-22-21-10-8-20(28)15-19(21)7-9-23(22)24(25)12-14-26(25,29)17-27-16-18-5-3-2-4-6-18/h2-6,8,10,15,22-24,27-29H,7,9,11-14,16-17H2,1H3/t22-,23-,24-,25+,26-/m0/s1. The summed E-state index contributed by atoms with van der Waals surface area (Å²) in [5, 5.41) is 25.2. The minimum absolute atomic E-state index is 0.00766. The van der Waals surface area contributed by atoms with E-state index in [1.165, 1.54) is 23.1 Å². The van der Waals surface area contributed by atoms with E-state index >= 15 is 0 Å². The zero-order chi connectivity index (χ0) is 20.1. The van der Waals surface area contributed by atoms with Crippen LogP contribution in [0.1, 0.15) is 61.6 Å². The second kappa shape index (κ2) is 7.14. The second-order valence-electron chi connectivity index (χ2n) is 9.91. The lowest BCUT2D eigenvalue weighted by Crippen LogP contribution is -2.55. The molecule has 0 unspecified atom stereocenters. The van der Waals surface area contributed by atoms with Crippen LogP contribution in [0.5, 0.6) is 5.75 Å². The summed E-state index contributed by atoms with van der Waals surface area (Å²) in [7, 11) is 0. The lowest BCUT2D eigenvalue weighted by molar-refractivity contribution is -0.101. The molecule has 5 rings (SSSR count). The van der Waals surface area contributed by atoms with Gasteiger partial charge in [-0.15, -0.1) is 0 Å². The summed E-state index contributed by atoms with van der Waals surface area (Å²) in [5.74, 6) is 2.24. The maximum absolute atomic E-state index is 11.8. The molecule has 3 nitrogen and oxygen atoms in total. The highest BCUT2D eigenvalue weighted by molar-refractivity contribution is 5.40. The summed E-state index contributed by atoms with van der Waals surface area (Å²) < 4.78 is 0. The SMILES string of the molecule is C[C@@]12CC[C@H]3c4ccc(O)cc4CC[C@@H]3[C@@H]1CC[C@]2(O)CNCc1ccccc1. The van der Waals surface area contributed by atoms with E-state index in [-0.39, 0.29) is 5.41 Å². The summed E-state index contributed by atoms with van der Waals surface area (Å²) >= 11 is 0. The van der Waals surface area contributed by atoms with Crippen LogP contribution in [0.15, 0.2) is 48.5 Å². The lowest BCUT2D eigenvalue weighted by Gasteiger charge is -2.53. The van der Waals surface area contributed by atoms with Crippen molar-refractivity contribution in [3.63, 3.8) is 0 Å². The van der Waals surface area contributed by atoms with Gasteiger partial charge in [0.2, 0.25) is 0 Å². The van der Waals surface area contributed by atoms with E-state index < -0.39 is 5.60 Å². The molecule has 0 bridgehead atoms. The van der Waals surface area contributed by atoms with Gasteiger partial charge in [0.25, 0.3) is 0 Å². The Balaban J connectivity index is 1.32. The largest absolute Gasteiger partial charge is 0.508 e. The van der Waals surface area contributed by atoms with Gasteiger partial charge in [-0.3, -0.25) is 0 Å². The molecule has 3 N–H and O–H groups in total. The average Bonchev–Trinajstić information content (AvgIpc) is 2.99. The quantitative estimate of drug-likeness (QED) is 0.704. The molecule has 3 aliphatic carbocycles. The lowest BCUT2D eigenvalue weighted by atomic mass is 9.53. The van der Waals surface area contributed by atoms with Crippen LogP contribution in [0, 0.1) is 17.3 Å². The van der Waals surface area contributed by atoms with Gasteiger partial charge in [-0.25, -0.2) is 0 Å². The Morgan fingerprint density at radius 1 is 1.03 bits per heavy atom. The predicted molar refractivity (Wildman–Crippen MR) is 116 cm³/mol. The number of hydrogen-bond acceptors (Lipinski definition) is 3. The van der Waals surface area contributed by atoms with Crippen molar-refractivity contribution in [2.75, 3.05) is 6.54 Å². The van der Waals surface area contributed by atoms with Gasteiger partial charge in [0.15, 0.2) is 0 Å². The molecule has 0 aromatic heterocycles. The van der Waals surface area contributed by atoms with Crippen molar-refractivity contribution in [1.82, 2.24) is 5.32 Å². The Kier molecular flexibility index (Phi) is 4.71. The van der Waals surface area contributed by atoms with Gasteiger partial charge in [0.1, 0.15) is 5.75 Å². The number of phenolic OH excluding ortho intramolecular Hbond substituents is 1. The minimum Gasteiger partial charge on any atom is -0.508 e. The Morgan fingerprint density at radius 2 is 1.86 bits per heavy atom. The van der Waals surface area contributed by atoms with E-state index in [9.17, 15) is 10.2 Å². The highest BCUT2D eigenvalue weighted by atomic mass is 16.3. The molecular formula is C26H33NO2. The van der Waals surface area contributed by atoms with Gasteiger partial charge in [-0.2, -0.15) is 0 Å². The van der Waals surface area contributed by atoms with Gasteiger partial charge in [-0.1, -0.05) is 43.3 Å². The van der Waals surface area contributed by atoms with Crippen molar-refractivity contribution in [3.8, 4) is 5.75 Å². The predicted octanol–water partition coefficient (Wildman–Crippen LogP) is 4.77. The summed E-state index contributed by atoms with van der Waals surface area (Å²) in [6, 6.07) is 16.4. The van der Waals surface area contributed by atoms with Crippen LogP contribution in [-0.4, -0.2) is 22.4 Å². The zero-order valence-electron chi connectivity index (χ0n) is 17.4. The third-order valence-corrected chi connectivity index (χ3v) is 8.62. The van der Waals surface area contributed by atoms with Gasteiger partial charge in [0, 0.05) is 18.5 Å². The topological polar surface area (TPSA) is 52.5 Å². The van der Waals surface area contributed by atoms with Crippen LogP contribution < -0.4 is 5.32 Å². The maximum atomic E-state index is 11.8. The fourth-order valence-corrected chi connectivity index (χ4v) is 6.98. The van der Waals surface area contributed by atoms with Gasteiger partial charge >= 0.3 is 0 Å². The molecule has 0 saturated heterocycles. The Bertz CT molecular complexity index is 882. The second-order valence-corrected chi connectivity index (χ2v) is 9.91. The van der Waals surface area contributed by atoms with Crippen molar-refractivity contribution >= 4 is 0 Å². The third-order valence-electron chi connectivity index (χ3n) is 8.62. The number of phenols is 1. The van der Waals surface area contributed by atoms with Crippen LogP contribution in [0.25, 0.3) is 0 Å². The Labute approximate surface area is 174 Å². The number of aryl methyl sites for hydroxylation is 1. The number of nitrogens with one attached hydrogen (secondary N) is 1. The number of aliphatic hydroxyl groups is 1. The number of benzene rings is 2. The summed E-state index contributed by atoms with van der Waals surface area (Å²) in [6.45, 7) is 3.85. The van der Waals surface area contributed by atoms with E-state index in [0.29, 0.717) is 30.0 Å². The fourth-order valence-electron chi connectivity index (χ4n) is 6.98. The first-order chi connectivity index (χ1) is 14.0. The maximum Gasteiger partial charge on any atom is 0.115 e. The summed E-state index contributed by atoms with van der Waals surface area (Å²) in [5.41, 5.74) is 3.44. The normalized spacial score (nSPS) is 35.6. The monoisotopic (exact) mass is 391 g/mol. The molecule has 2 fully saturated rings. The summed E-state index contributed by atoms with van der Waals surface area (Å²) in [4.78, 5) is 0. The Morgan fingerprint density at radius 3 is 2.69 bits per heavy atom. The van der Waals surface area contributed by atoms with E-state index in [4.69, 9.17) is 0 Å². The molecule has 0 aliphatic heterocycles. The van der Waals surface area contributed by atoms with Gasteiger partial charge in [0.05, 0.1) is 5.60 Å². The molecule has 154 valence electrons. The van der Waals surface area contributed by atoms with Crippen LogP contribution in [0.3, 0.4) is 0 Å². The van der Waals surface area contributed by atoms with Crippen molar-refractivity contribution in [1.29, 1.82) is 0 Å². The van der Waals surface area contributed by atoms with Gasteiger partial charge in [-0.05, 0) is 85.1 Å². The van der Waals surface area contributed by atoms with Crippen molar-refractivity contribution in [3.05, 3.63) is 65.2 Å². The van der Waals surface area contributed by atoms with Crippen molar-refractivity contribution in [2.24, 2.45) is 17.3 Å². The van der Waals surface area contributed by atoms with E-state index in [0.717, 1.165) is 38.6 Å². The number of fused-ring (bicyclic) bond motifs is 5. The number of hydrogen-bond donors (Lipinski definition) is 3. The minimum atomic E-state index is -0.618. The number of rotatable bonds is 4. The summed E-state index contributed by atoms with van der Waals surface area (Å²) in [6.07, 6.45) is 6.52. The van der Waals surface area contributed by atoms with Crippen LogP contribution in [0.2, 0.25) is 0 Å². The highest BCUT2D eigenvalue weighted by Crippen LogP contribution is 2.64. The molecule has 0 amide bonds. The molecular weight excluding hydrogens is 358 g/mol. The van der Waals surface area contributed by atoms with Crippen molar-refractivity contribution < 1.29 is 10.2 Å². The molecule has 2 aromatic carbocycles. The van der Waals surface area contributed by atoms with Crippen molar-refractivity contribution in [2.45, 2.75) is 63.5 Å². The van der Waals surface area contributed by atoms with Crippen LogP contribution in [-0.2, 0) is 13.0 Å². The third kappa shape index (κ3) is 3.10. The molecule has 2 saturated carbocycles. The zero-order valence-corrected chi connectivity index (χ0v) is 17.4. The first kappa shape index (κ1) is 19.1. The molecule has 29 heavy (non-hydrogen) atoms. The smallest absolute Gasteiger partial charge is 0.115 e. The first-order valence-corrected chi connectivity index (χ1v) is 11.3. The molecule has 2 aromatic rings. The molecule has 0 radical (unpaired) electrons.